The lowest BCUT2D eigenvalue weighted by Gasteiger charge is -2.49. The van der Waals surface area contributed by atoms with Crippen LogP contribution in [-0.2, 0) is 10.8 Å². The number of anilines is 3. The quantitative estimate of drug-likeness (QED) is 0.176. The number of nitrogens with zero attached hydrogens (tertiary/aromatic N) is 1. The Morgan fingerprint density at radius 1 is 0.327 bits per heavy atom. The summed E-state index contributed by atoms with van der Waals surface area (Å²) in [6.45, 7) is 9.67. The van der Waals surface area contributed by atoms with Crippen molar-refractivity contribution >= 4 is 17.1 Å². The Kier molecular flexibility index (Phi) is 7.57. The van der Waals surface area contributed by atoms with E-state index in [0.717, 1.165) is 17.1 Å². The van der Waals surface area contributed by atoms with Crippen molar-refractivity contribution in [3.05, 3.63) is 187 Å². The van der Waals surface area contributed by atoms with Crippen LogP contribution in [0.4, 0.5) is 17.1 Å². The topological polar surface area (TPSA) is 3.24 Å². The van der Waals surface area contributed by atoms with E-state index in [1.54, 1.807) is 0 Å². The summed E-state index contributed by atoms with van der Waals surface area (Å²) >= 11 is 0. The minimum Gasteiger partial charge on any atom is -0.310 e. The standard InChI is InChI=1S/C48H41N/c1-47(2)44-28-16-27-42(46(44)43-30-29-37(33-45(43)48(47,3)4)35-19-10-6-11-20-35)38-22-15-26-41(32-38)49(39-23-12-7-13-24-39)40-25-14-21-36(31-40)34-17-8-5-9-18-34/h5-33H,1-4H3. The average molecular weight is 632 g/mol. The molecule has 0 amide bonds. The minimum absolute atomic E-state index is 0.0749. The van der Waals surface area contributed by atoms with Crippen molar-refractivity contribution in [2.45, 2.75) is 38.5 Å². The second kappa shape index (κ2) is 12.1. The van der Waals surface area contributed by atoms with Crippen LogP contribution >= 0.6 is 0 Å². The molecule has 7 aromatic carbocycles. The average Bonchev–Trinajstić information content (AvgIpc) is 3.15. The van der Waals surface area contributed by atoms with Crippen molar-refractivity contribution in [2.24, 2.45) is 0 Å². The van der Waals surface area contributed by atoms with E-state index in [1.807, 2.05) is 0 Å². The highest BCUT2D eigenvalue weighted by atomic mass is 15.1. The molecule has 0 aromatic heterocycles. The number of rotatable bonds is 6. The molecule has 0 saturated heterocycles. The zero-order valence-corrected chi connectivity index (χ0v) is 28.7. The van der Waals surface area contributed by atoms with Gasteiger partial charge in [-0.15, -0.1) is 0 Å². The molecule has 238 valence electrons. The molecule has 0 spiro atoms. The molecule has 7 aromatic rings. The van der Waals surface area contributed by atoms with E-state index in [4.69, 9.17) is 0 Å². The van der Waals surface area contributed by atoms with Gasteiger partial charge >= 0.3 is 0 Å². The monoisotopic (exact) mass is 631 g/mol. The predicted molar refractivity (Wildman–Crippen MR) is 209 cm³/mol. The first kappa shape index (κ1) is 30.7. The van der Waals surface area contributed by atoms with Crippen LogP contribution in [0.25, 0.3) is 44.5 Å². The molecule has 0 saturated carbocycles. The van der Waals surface area contributed by atoms with Crippen LogP contribution in [0.15, 0.2) is 176 Å². The van der Waals surface area contributed by atoms with E-state index in [-0.39, 0.29) is 10.8 Å². The molecule has 1 aliphatic rings. The Balaban J connectivity index is 1.30. The maximum absolute atomic E-state index is 2.44. The summed E-state index contributed by atoms with van der Waals surface area (Å²) in [6, 6.07) is 64.0. The highest BCUT2D eigenvalue weighted by Gasteiger charge is 2.46. The van der Waals surface area contributed by atoms with Gasteiger partial charge in [-0.25, -0.2) is 0 Å². The summed E-state index contributed by atoms with van der Waals surface area (Å²) in [4.78, 5) is 2.37. The molecule has 0 radical (unpaired) electrons. The van der Waals surface area contributed by atoms with Gasteiger partial charge in [-0.3, -0.25) is 0 Å². The van der Waals surface area contributed by atoms with Crippen LogP contribution in [0, 0.1) is 0 Å². The minimum atomic E-state index is -0.0911. The summed E-state index contributed by atoms with van der Waals surface area (Å²) in [7, 11) is 0. The van der Waals surface area contributed by atoms with Gasteiger partial charge in [0, 0.05) is 17.1 Å². The summed E-state index contributed by atoms with van der Waals surface area (Å²) in [6.07, 6.45) is 0. The lowest BCUT2D eigenvalue weighted by atomic mass is 9.54. The Bertz CT molecular complexity index is 2260. The predicted octanol–water partition coefficient (Wildman–Crippen LogP) is 13.4. The molecule has 1 nitrogen and oxygen atoms in total. The molecule has 1 aliphatic carbocycles. The maximum Gasteiger partial charge on any atom is 0.0467 e. The largest absolute Gasteiger partial charge is 0.310 e. The zero-order chi connectivity index (χ0) is 33.6. The summed E-state index contributed by atoms with van der Waals surface area (Å²) in [5.41, 5.74) is 16.1. The fraction of sp³-hybridized carbons (Fsp3) is 0.125. The van der Waals surface area contributed by atoms with Gasteiger partial charge in [-0.1, -0.05) is 161 Å². The van der Waals surface area contributed by atoms with E-state index >= 15 is 0 Å². The number of para-hydroxylation sites is 1. The molecule has 1 heteroatoms. The third kappa shape index (κ3) is 5.27. The van der Waals surface area contributed by atoms with Gasteiger partial charge in [0.05, 0.1) is 0 Å². The zero-order valence-electron chi connectivity index (χ0n) is 28.7. The highest BCUT2D eigenvalue weighted by Crippen LogP contribution is 2.56. The van der Waals surface area contributed by atoms with Gasteiger partial charge < -0.3 is 4.90 Å². The van der Waals surface area contributed by atoms with Crippen LogP contribution in [0.5, 0.6) is 0 Å². The summed E-state index contributed by atoms with van der Waals surface area (Å²) in [5.74, 6) is 0. The molecular weight excluding hydrogens is 591 g/mol. The Morgan fingerprint density at radius 2 is 0.796 bits per heavy atom. The van der Waals surface area contributed by atoms with Crippen molar-refractivity contribution in [2.75, 3.05) is 4.90 Å². The molecule has 49 heavy (non-hydrogen) atoms. The van der Waals surface area contributed by atoms with Crippen LogP contribution in [0.2, 0.25) is 0 Å². The SMILES string of the molecule is CC1(C)c2cc(-c3ccccc3)ccc2-c2c(-c3cccc(N(c4ccccc4)c4cccc(-c5ccccc5)c4)c3)cccc2C1(C)C. The van der Waals surface area contributed by atoms with Gasteiger partial charge in [0.1, 0.15) is 0 Å². The first-order valence-corrected chi connectivity index (χ1v) is 17.3. The van der Waals surface area contributed by atoms with E-state index in [1.165, 1.54) is 55.6 Å². The molecule has 8 rings (SSSR count). The van der Waals surface area contributed by atoms with Crippen LogP contribution in [-0.4, -0.2) is 0 Å². The third-order valence-corrected chi connectivity index (χ3v) is 11.0. The maximum atomic E-state index is 2.44. The lowest BCUT2D eigenvalue weighted by Crippen LogP contribution is -2.43. The first-order valence-electron chi connectivity index (χ1n) is 17.3. The van der Waals surface area contributed by atoms with Crippen molar-refractivity contribution in [3.63, 3.8) is 0 Å². The normalized spacial score (nSPS) is 14.0. The van der Waals surface area contributed by atoms with Gasteiger partial charge in [0.25, 0.3) is 0 Å². The van der Waals surface area contributed by atoms with Crippen LogP contribution < -0.4 is 4.90 Å². The Labute approximate surface area is 291 Å². The Morgan fingerprint density at radius 3 is 1.43 bits per heavy atom. The van der Waals surface area contributed by atoms with Crippen molar-refractivity contribution in [1.82, 2.24) is 0 Å². The van der Waals surface area contributed by atoms with Crippen molar-refractivity contribution < 1.29 is 0 Å². The second-order valence-corrected chi connectivity index (χ2v) is 14.2. The summed E-state index contributed by atoms with van der Waals surface area (Å²) < 4.78 is 0. The molecule has 0 atom stereocenters. The molecule has 0 bridgehead atoms. The number of fused-ring (bicyclic) bond motifs is 3. The molecular formula is C48H41N. The van der Waals surface area contributed by atoms with E-state index in [9.17, 15) is 0 Å². The van der Waals surface area contributed by atoms with Crippen molar-refractivity contribution in [3.8, 4) is 44.5 Å². The first-order chi connectivity index (χ1) is 23.8. The fourth-order valence-electron chi connectivity index (χ4n) is 7.66. The smallest absolute Gasteiger partial charge is 0.0467 e. The van der Waals surface area contributed by atoms with Gasteiger partial charge in [0.2, 0.25) is 0 Å². The number of hydrogen-bond donors (Lipinski definition) is 0. The van der Waals surface area contributed by atoms with E-state index in [2.05, 4.69) is 209 Å². The van der Waals surface area contributed by atoms with Crippen LogP contribution in [0.1, 0.15) is 38.8 Å². The third-order valence-electron chi connectivity index (χ3n) is 11.0. The highest BCUT2D eigenvalue weighted by molar-refractivity contribution is 5.93. The molecule has 0 fully saturated rings. The molecule has 0 aliphatic heterocycles. The number of hydrogen-bond acceptors (Lipinski definition) is 1. The Hall–Kier alpha value is -5.66. The lowest BCUT2D eigenvalue weighted by molar-refractivity contribution is 0.299. The van der Waals surface area contributed by atoms with E-state index in [0.29, 0.717) is 0 Å². The molecule has 0 unspecified atom stereocenters. The van der Waals surface area contributed by atoms with Crippen molar-refractivity contribution in [1.29, 1.82) is 0 Å². The van der Waals surface area contributed by atoms with Gasteiger partial charge in [0.15, 0.2) is 0 Å². The second-order valence-electron chi connectivity index (χ2n) is 14.2. The summed E-state index contributed by atoms with van der Waals surface area (Å²) in [5, 5.41) is 0. The molecule has 0 N–H and O–H groups in total. The van der Waals surface area contributed by atoms with E-state index < -0.39 is 0 Å². The van der Waals surface area contributed by atoms with Crippen LogP contribution in [0.3, 0.4) is 0 Å². The molecule has 0 heterocycles. The van der Waals surface area contributed by atoms with Gasteiger partial charge in [-0.2, -0.15) is 0 Å². The van der Waals surface area contributed by atoms with Gasteiger partial charge in [-0.05, 0) is 109 Å². The number of benzene rings is 7. The fourth-order valence-corrected chi connectivity index (χ4v) is 7.66.